The molecule has 100 valence electrons. The quantitative estimate of drug-likeness (QED) is 0.852. The highest BCUT2D eigenvalue weighted by molar-refractivity contribution is 5.37. The number of aliphatic hydroxyl groups excluding tert-OH is 1. The maximum Gasteiger partial charge on any atom is 0.231 e. The second-order valence-corrected chi connectivity index (χ2v) is 4.49. The van der Waals surface area contributed by atoms with Crippen LogP contribution in [-0.4, -0.2) is 48.5 Å². The number of rotatable bonds is 4. The molecule has 1 aromatic heterocycles. The van der Waals surface area contributed by atoms with E-state index in [4.69, 9.17) is 9.47 Å². The zero-order chi connectivity index (χ0) is 13.1. The lowest BCUT2D eigenvalue weighted by molar-refractivity contribution is 0.136. The molecular weight excluding hydrogens is 234 g/mol. The van der Waals surface area contributed by atoms with Crippen molar-refractivity contribution < 1.29 is 14.6 Å². The summed E-state index contributed by atoms with van der Waals surface area (Å²) in [5, 5.41) is 9.60. The lowest BCUT2D eigenvalue weighted by Crippen LogP contribution is -2.25. The summed E-state index contributed by atoms with van der Waals surface area (Å²) in [7, 11) is 3.13. The molecule has 18 heavy (non-hydrogen) atoms. The number of anilines is 1. The highest BCUT2D eigenvalue weighted by atomic mass is 16.5. The molecule has 0 amide bonds. The van der Waals surface area contributed by atoms with E-state index in [1.165, 1.54) is 0 Å². The minimum Gasteiger partial charge on any atom is -0.481 e. The van der Waals surface area contributed by atoms with E-state index in [0.717, 1.165) is 19.5 Å². The minimum absolute atomic E-state index is 0.269. The van der Waals surface area contributed by atoms with Gasteiger partial charge in [0.15, 0.2) is 0 Å². The largest absolute Gasteiger partial charge is 0.481 e. The van der Waals surface area contributed by atoms with Crippen molar-refractivity contribution in [3.63, 3.8) is 0 Å². The number of ether oxygens (including phenoxy) is 2. The normalized spacial score (nSPS) is 20.9. The number of aromatic nitrogens is 2. The van der Waals surface area contributed by atoms with Gasteiger partial charge in [-0.3, -0.25) is 0 Å². The van der Waals surface area contributed by atoms with Crippen LogP contribution in [-0.2, 0) is 0 Å². The van der Waals surface area contributed by atoms with Crippen molar-refractivity contribution in [2.45, 2.75) is 19.4 Å². The summed E-state index contributed by atoms with van der Waals surface area (Å²) in [4.78, 5) is 10.7. The molecule has 0 bridgehead atoms. The lowest BCUT2D eigenvalue weighted by atomic mass is 10.0. The smallest absolute Gasteiger partial charge is 0.231 e. The second kappa shape index (κ2) is 5.39. The standard InChI is InChI=1S/C12H19N3O3/c1-8(16)9-4-5-15(7-9)12-13-10(17-2)6-11(14-12)18-3/h6,8-9,16H,4-5,7H2,1-3H3. The van der Waals surface area contributed by atoms with Crippen molar-refractivity contribution >= 4 is 5.95 Å². The molecule has 0 saturated carbocycles. The van der Waals surface area contributed by atoms with Gasteiger partial charge in [-0.25, -0.2) is 0 Å². The SMILES string of the molecule is COc1cc(OC)nc(N2CCC(C(C)O)C2)n1. The fraction of sp³-hybridized carbons (Fsp3) is 0.667. The fourth-order valence-corrected chi connectivity index (χ4v) is 2.11. The maximum atomic E-state index is 9.60. The van der Waals surface area contributed by atoms with Crippen LogP contribution in [0.3, 0.4) is 0 Å². The maximum absolute atomic E-state index is 9.60. The van der Waals surface area contributed by atoms with Crippen molar-refractivity contribution in [1.29, 1.82) is 0 Å². The first-order chi connectivity index (χ1) is 8.63. The topological polar surface area (TPSA) is 67.7 Å². The summed E-state index contributed by atoms with van der Waals surface area (Å²) in [6.45, 7) is 3.42. The van der Waals surface area contributed by atoms with Crippen LogP contribution in [0, 0.1) is 5.92 Å². The predicted octanol–water partition coefficient (Wildman–Crippen LogP) is 0.701. The van der Waals surface area contributed by atoms with Gasteiger partial charge in [-0.05, 0) is 13.3 Å². The molecule has 1 N–H and O–H groups in total. The Morgan fingerprint density at radius 2 is 1.94 bits per heavy atom. The van der Waals surface area contributed by atoms with Crippen LogP contribution in [0.4, 0.5) is 5.95 Å². The summed E-state index contributed by atoms with van der Waals surface area (Å²) in [5.74, 6) is 1.83. The van der Waals surface area contributed by atoms with Gasteiger partial charge < -0.3 is 19.5 Å². The van der Waals surface area contributed by atoms with E-state index in [-0.39, 0.29) is 12.0 Å². The van der Waals surface area contributed by atoms with Crippen molar-refractivity contribution in [2.24, 2.45) is 5.92 Å². The Balaban J connectivity index is 2.18. The molecule has 2 atom stereocenters. The zero-order valence-corrected chi connectivity index (χ0v) is 11.0. The highest BCUT2D eigenvalue weighted by Gasteiger charge is 2.28. The van der Waals surface area contributed by atoms with Gasteiger partial charge in [0.2, 0.25) is 17.7 Å². The van der Waals surface area contributed by atoms with Gasteiger partial charge in [-0.15, -0.1) is 0 Å². The molecule has 0 spiro atoms. The van der Waals surface area contributed by atoms with E-state index in [2.05, 4.69) is 9.97 Å². The van der Waals surface area contributed by atoms with Crippen molar-refractivity contribution in [3.8, 4) is 11.8 Å². The third-order valence-corrected chi connectivity index (χ3v) is 3.28. The molecule has 1 aliphatic rings. The predicted molar refractivity (Wildman–Crippen MR) is 67.1 cm³/mol. The van der Waals surface area contributed by atoms with Crippen LogP contribution in [0.15, 0.2) is 6.07 Å². The number of nitrogens with zero attached hydrogens (tertiary/aromatic N) is 3. The molecule has 1 aromatic rings. The molecule has 2 rings (SSSR count). The third kappa shape index (κ3) is 2.64. The fourth-order valence-electron chi connectivity index (χ4n) is 2.11. The first kappa shape index (κ1) is 12.9. The first-order valence-corrected chi connectivity index (χ1v) is 6.04. The van der Waals surface area contributed by atoms with Crippen LogP contribution in [0.5, 0.6) is 11.8 Å². The summed E-state index contributed by atoms with van der Waals surface area (Å²) in [5.41, 5.74) is 0. The number of hydrogen-bond donors (Lipinski definition) is 1. The van der Waals surface area contributed by atoms with Gasteiger partial charge in [0, 0.05) is 19.0 Å². The van der Waals surface area contributed by atoms with Crippen molar-refractivity contribution in [2.75, 3.05) is 32.2 Å². The Bertz CT molecular complexity index is 389. The molecule has 2 unspecified atom stereocenters. The van der Waals surface area contributed by atoms with Crippen LogP contribution in [0.1, 0.15) is 13.3 Å². The number of aliphatic hydroxyl groups is 1. The average Bonchev–Trinajstić information content (AvgIpc) is 2.87. The summed E-state index contributed by atoms with van der Waals surface area (Å²) < 4.78 is 10.2. The molecule has 1 fully saturated rings. The van der Waals surface area contributed by atoms with E-state index in [0.29, 0.717) is 17.7 Å². The van der Waals surface area contributed by atoms with Gasteiger partial charge in [0.25, 0.3) is 0 Å². The Hall–Kier alpha value is -1.56. The third-order valence-electron chi connectivity index (χ3n) is 3.28. The molecule has 0 aromatic carbocycles. The van der Waals surface area contributed by atoms with Crippen molar-refractivity contribution in [3.05, 3.63) is 6.07 Å². The van der Waals surface area contributed by atoms with Gasteiger partial charge >= 0.3 is 0 Å². The molecule has 1 saturated heterocycles. The average molecular weight is 253 g/mol. The van der Waals surface area contributed by atoms with Crippen LogP contribution >= 0.6 is 0 Å². The number of hydrogen-bond acceptors (Lipinski definition) is 6. The first-order valence-electron chi connectivity index (χ1n) is 6.04. The molecular formula is C12H19N3O3. The van der Waals surface area contributed by atoms with Gasteiger partial charge in [0.1, 0.15) is 0 Å². The van der Waals surface area contributed by atoms with E-state index >= 15 is 0 Å². The summed E-state index contributed by atoms with van der Waals surface area (Å²) in [6.07, 6.45) is 0.642. The Morgan fingerprint density at radius 1 is 1.33 bits per heavy atom. The Morgan fingerprint density at radius 3 is 2.39 bits per heavy atom. The van der Waals surface area contributed by atoms with E-state index in [9.17, 15) is 5.11 Å². The highest BCUT2D eigenvalue weighted by Crippen LogP contribution is 2.26. The van der Waals surface area contributed by atoms with Crippen molar-refractivity contribution in [1.82, 2.24) is 9.97 Å². The minimum atomic E-state index is -0.303. The molecule has 6 nitrogen and oxygen atoms in total. The van der Waals surface area contributed by atoms with Crippen LogP contribution in [0.2, 0.25) is 0 Å². The Labute approximate surface area is 107 Å². The van der Waals surface area contributed by atoms with Crippen LogP contribution < -0.4 is 14.4 Å². The van der Waals surface area contributed by atoms with Gasteiger partial charge in [0.05, 0.1) is 26.4 Å². The zero-order valence-electron chi connectivity index (χ0n) is 11.0. The van der Waals surface area contributed by atoms with E-state index in [1.54, 1.807) is 20.3 Å². The molecule has 1 aliphatic heterocycles. The summed E-state index contributed by atoms with van der Waals surface area (Å²) >= 11 is 0. The van der Waals surface area contributed by atoms with E-state index in [1.807, 2.05) is 11.8 Å². The monoisotopic (exact) mass is 253 g/mol. The van der Waals surface area contributed by atoms with Gasteiger partial charge in [-0.2, -0.15) is 9.97 Å². The van der Waals surface area contributed by atoms with Gasteiger partial charge in [-0.1, -0.05) is 0 Å². The number of methoxy groups -OCH3 is 2. The second-order valence-electron chi connectivity index (χ2n) is 4.49. The molecule has 0 aliphatic carbocycles. The summed E-state index contributed by atoms with van der Waals surface area (Å²) in [6, 6.07) is 1.64. The molecule has 2 heterocycles. The van der Waals surface area contributed by atoms with Crippen LogP contribution in [0.25, 0.3) is 0 Å². The molecule has 6 heteroatoms. The lowest BCUT2D eigenvalue weighted by Gasteiger charge is -2.18. The van der Waals surface area contributed by atoms with E-state index < -0.39 is 0 Å². The molecule has 0 radical (unpaired) electrons. The Kier molecular flexibility index (Phi) is 3.86.